The van der Waals surface area contributed by atoms with Gasteiger partial charge in [0.15, 0.2) is 5.75 Å². The molecule has 0 atom stereocenters. The third-order valence-electron chi connectivity index (χ3n) is 3.41. The third-order valence-corrected chi connectivity index (χ3v) is 3.41. The van der Waals surface area contributed by atoms with Gasteiger partial charge in [0.25, 0.3) is 5.91 Å². The van der Waals surface area contributed by atoms with E-state index < -0.39 is 0 Å². The van der Waals surface area contributed by atoms with Crippen LogP contribution in [0.15, 0.2) is 72.8 Å². The summed E-state index contributed by atoms with van der Waals surface area (Å²) in [6.45, 7) is 0. The van der Waals surface area contributed by atoms with Crippen molar-refractivity contribution < 1.29 is 14.6 Å². The van der Waals surface area contributed by atoms with E-state index in [0.717, 1.165) is 0 Å². The minimum Gasteiger partial charge on any atom is -0.508 e. The van der Waals surface area contributed by atoms with Crippen LogP contribution in [0.5, 0.6) is 17.2 Å². The fourth-order valence-electron chi connectivity index (χ4n) is 2.19. The second kappa shape index (κ2) is 6.75. The SMILES string of the molecule is Nc1ccccc1C(=O)Nc1ccccc1Oc1ccc(O)cc1. The van der Waals surface area contributed by atoms with Gasteiger partial charge < -0.3 is 20.9 Å². The molecule has 4 N–H and O–H groups in total. The summed E-state index contributed by atoms with van der Waals surface area (Å²) in [6, 6.07) is 20.3. The van der Waals surface area contributed by atoms with Gasteiger partial charge >= 0.3 is 0 Å². The van der Waals surface area contributed by atoms with Crippen LogP contribution >= 0.6 is 0 Å². The Kier molecular flexibility index (Phi) is 4.34. The number of rotatable bonds is 4. The number of carbonyl (C=O) groups is 1. The molecule has 24 heavy (non-hydrogen) atoms. The van der Waals surface area contributed by atoms with Gasteiger partial charge in [-0.15, -0.1) is 0 Å². The first kappa shape index (κ1) is 15.4. The maximum atomic E-state index is 12.4. The average Bonchev–Trinajstić information content (AvgIpc) is 2.59. The number of anilines is 2. The number of phenols is 1. The summed E-state index contributed by atoms with van der Waals surface area (Å²) < 4.78 is 5.77. The monoisotopic (exact) mass is 320 g/mol. The first-order valence-corrected chi connectivity index (χ1v) is 7.35. The predicted molar refractivity (Wildman–Crippen MR) is 93.4 cm³/mol. The van der Waals surface area contributed by atoms with Gasteiger partial charge in [-0.05, 0) is 48.5 Å². The molecular formula is C19H16N2O3. The lowest BCUT2D eigenvalue weighted by atomic mass is 10.1. The van der Waals surface area contributed by atoms with Crippen molar-refractivity contribution in [3.05, 3.63) is 78.4 Å². The molecule has 0 saturated carbocycles. The van der Waals surface area contributed by atoms with Crippen LogP contribution in [0.25, 0.3) is 0 Å². The molecule has 5 nitrogen and oxygen atoms in total. The standard InChI is InChI=1S/C19H16N2O3/c20-16-6-2-1-5-15(16)19(23)21-17-7-3-4-8-18(17)24-14-11-9-13(22)10-12-14/h1-12,22H,20H2,(H,21,23). The van der Waals surface area contributed by atoms with Crippen LogP contribution in [0, 0.1) is 0 Å². The first-order chi connectivity index (χ1) is 11.6. The molecular weight excluding hydrogens is 304 g/mol. The third kappa shape index (κ3) is 3.47. The van der Waals surface area contributed by atoms with Gasteiger partial charge in [-0.2, -0.15) is 0 Å². The van der Waals surface area contributed by atoms with E-state index in [1.807, 2.05) is 6.07 Å². The zero-order valence-electron chi connectivity index (χ0n) is 12.8. The molecule has 1 amide bonds. The predicted octanol–water partition coefficient (Wildman–Crippen LogP) is 4.02. The van der Waals surface area contributed by atoms with Crippen LogP contribution in [0.1, 0.15) is 10.4 Å². The summed E-state index contributed by atoms with van der Waals surface area (Å²) in [4.78, 5) is 12.4. The fourth-order valence-corrected chi connectivity index (χ4v) is 2.19. The molecule has 0 bridgehead atoms. The Hall–Kier alpha value is -3.47. The second-order valence-corrected chi connectivity index (χ2v) is 5.13. The van der Waals surface area contributed by atoms with Crippen LogP contribution in [-0.2, 0) is 0 Å². The molecule has 120 valence electrons. The van der Waals surface area contributed by atoms with E-state index in [1.165, 1.54) is 12.1 Å². The number of nitrogens with one attached hydrogen (secondary N) is 1. The molecule has 0 aliphatic heterocycles. The van der Waals surface area contributed by atoms with Gasteiger partial charge in [0.1, 0.15) is 11.5 Å². The molecule has 0 fully saturated rings. The van der Waals surface area contributed by atoms with E-state index >= 15 is 0 Å². The Morgan fingerprint density at radius 1 is 0.917 bits per heavy atom. The van der Waals surface area contributed by atoms with Crippen LogP contribution in [-0.4, -0.2) is 11.0 Å². The molecule has 5 heteroatoms. The van der Waals surface area contributed by atoms with Crippen LogP contribution in [0.4, 0.5) is 11.4 Å². The Bertz CT molecular complexity index is 860. The zero-order chi connectivity index (χ0) is 16.9. The number of phenolic OH excluding ortho intramolecular Hbond substituents is 1. The van der Waals surface area contributed by atoms with Gasteiger partial charge in [0.2, 0.25) is 0 Å². The van der Waals surface area contributed by atoms with Gasteiger partial charge in [0.05, 0.1) is 11.3 Å². The van der Waals surface area contributed by atoms with Crippen molar-refractivity contribution in [2.45, 2.75) is 0 Å². The number of carbonyl (C=O) groups excluding carboxylic acids is 1. The van der Waals surface area contributed by atoms with Crippen molar-refractivity contribution in [1.29, 1.82) is 0 Å². The number of para-hydroxylation sites is 3. The number of ether oxygens (including phenoxy) is 1. The number of hydrogen-bond donors (Lipinski definition) is 3. The minimum atomic E-state index is -0.310. The van der Waals surface area contributed by atoms with E-state index in [-0.39, 0.29) is 11.7 Å². The normalized spacial score (nSPS) is 10.2. The highest BCUT2D eigenvalue weighted by atomic mass is 16.5. The molecule has 0 aromatic heterocycles. The molecule has 3 rings (SSSR count). The molecule has 0 heterocycles. The van der Waals surface area contributed by atoms with Crippen LogP contribution in [0.3, 0.4) is 0 Å². The highest BCUT2D eigenvalue weighted by Crippen LogP contribution is 2.30. The number of nitrogens with two attached hydrogens (primary N) is 1. The topological polar surface area (TPSA) is 84.6 Å². The molecule has 0 aliphatic carbocycles. The maximum Gasteiger partial charge on any atom is 0.257 e. The van der Waals surface area contributed by atoms with Crippen molar-refractivity contribution in [3.63, 3.8) is 0 Å². The molecule has 0 unspecified atom stereocenters. The molecule has 0 aliphatic rings. The number of nitrogen functional groups attached to an aromatic ring is 1. The lowest BCUT2D eigenvalue weighted by molar-refractivity contribution is 0.102. The second-order valence-electron chi connectivity index (χ2n) is 5.13. The number of benzene rings is 3. The molecule has 0 spiro atoms. The summed E-state index contributed by atoms with van der Waals surface area (Å²) in [5.74, 6) is 0.887. The summed E-state index contributed by atoms with van der Waals surface area (Å²) >= 11 is 0. The Labute approximate surface area is 139 Å². The lowest BCUT2D eigenvalue weighted by Gasteiger charge is -2.13. The molecule has 3 aromatic carbocycles. The summed E-state index contributed by atoms with van der Waals surface area (Å²) in [6.07, 6.45) is 0. The van der Waals surface area contributed by atoms with E-state index in [0.29, 0.717) is 28.4 Å². The van der Waals surface area contributed by atoms with Crippen molar-refractivity contribution in [3.8, 4) is 17.2 Å². The fraction of sp³-hybridized carbons (Fsp3) is 0. The largest absolute Gasteiger partial charge is 0.508 e. The number of hydrogen-bond acceptors (Lipinski definition) is 4. The van der Waals surface area contributed by atoms with E-state index in [9.17, 15) is 9.90 Å². The van der Waals surface area contributed by atoms with E-state index in [4.69, 9.17) is 10.5 Å². The highest BCUT2D eigenvalue weighted by molar-refractivity contribution is 6.08. The van der Waals surface area contributed by atoms with Crippen molar-refractivity contribution >= 4 is 17.3 Å². The smallest absolute Gasteiger partial charge is 0.257 e. The van der Waals surface area contributed by atoms with Gasteiger partial charge in [-0.3, -0.25) is 4.79 Å². The first-order valence-electron chi connectivity index (χ1n) is 7.35. The van der Waals surface area contributed by atoms with Crippen molar-refractivity contribution in [1.82, 2.24) is 0 Å². The Morgan fingerprint density at radius 2 is 1.58 bits per heavy atom. The zero-order valence-corrected chi connectivity index (χ0v) is 12.8. The highest BCUT2D eigenvalue weighted by Gasteiger charge is 2.12. The molecule has 0 radical (unpaired) electrons. The summed E-state index contributed by atoms with van der Waals surface area (Å²) in [5.41, 5.74) is 7.17. The van der Waals surface area contributed by atoms with E-state index in [1.54, 1.807) is 54.6 Å². The van der Waals surface area contributed by atoms with Crippen LogP contribution in [0.2, 0.25) is 0 Å². The number of aromatic hydroxyl groups is 1. The molecule has 3 aromatic rings. The van der Waals surface area contributed by atoms with Gasteiger partial charge in [-0.25, -0.2) is 0 Å². The molecule has 0 saturated heterocycles. The number of amides is 1. The average molecular weight is 320 g/mol. The summed E-state index contributed by atoms with van der Waals surface area (Å²) in [7, 11) is 0. The quantitative estimate of drug-likeness (QED) is 0.634. The van der Waals surface area contributed by atoms with Gasteiger partial charge in [0, 0.05) is 5.69 Å². The van der Waals surface area contributed by atoms with E-state index in [2.05, 4.69) is 5.32 Å². The van der Waals surface area contributed by atoms with Crippen molar-refractivity contribution in [2.75, 3.05) is 11.1 Å². The summed E-state index contributed by atoms with van der Waals surface area (Å²) in [5, 5.41) is 12.1. The Balaban J connectivity index is 1.83. The minimum absolute atomic E-state index is 0.156. The Morgan fingerprint density at radius 3 is 2.33 bits per heavy atom. The van der Waals surface area contributed by atoms with Crippen molar-refractivity contribution in [2.24, 2.45) is 0 Å². The van der Waals surface area contributed by atoms with Gasteiger partial charge in [-0.1, -0.05) is 24.3 Å². The maximum absolute atomic E-state index is 12.4. The van der Waals surface area contributed by atoms with Crippen LogP contribution < -0.4 is 15.8 Å². The lowest BCUT2D eigenvalue weighted by Crippen LogP contribution is -2.14.